The number of hydrogen-bond donors (Lipinski definition) is 2. The van der Waals surface area contributed by atoms with Gasteiger partial charge in [0.1, 0.15) is 18.2 Å². The molecule has 0 radical (unpaired) electrons. The number of amides is 1. The second kappa shape index (κ2) is 7.78. The van der Waals surface area contributed by atoms with Crippen LogP contribution in [0.3, 0.4) is 0 Å². The fourth-order valence-corrected chi connectivity index (χ4v) is 2.92. The van der Waals surface area contributed by atoms with E-state index in [1.807, 2.05) is 31.2 Å². The van der Waals surface area contributed by atoms with E-state index in [0.29, 0.717) is 17.1 Å². The van der Waals surface area contributed by atoms with Crippen molar-refractivity contribution in [1.82, 2.24) is 19.2 Å². The molecule has 1 amide bonds. The highest BCUT2D eigenvalue weighted by Crippen LogP contribution is 2.16. The molecule has 2 N–H and O–H groups in total. The summed E-state index contributed by atoms with van der Waals surface area (Å²) in [5.41, 5.74) is 2.55. The van der Waals surface area contributed by atoms with Crippen LogP contribution in [0.5, 0.6) is 0 Å². The van der Waals surface area contributed by atoms with E-state index >= 15 is 0 Å². The number of nitrogens with zero attached hydrogens (tertiary/aromatic N) is 4. The summed E-state index contributed by atoms with van der Waals surface area (Å²) in [6, 6.07) is 13.5. The lowest BCUT2D eigenvalue weighted by Crippen LogP contribution is -2.28. The third-order valence-corrected chi connectivity index (χ3v) is 4.55. The summed E-state index contributed by atoms with van der Waals surface area (Å²) in [5.74, 6) is -0.277. The highest BCUT2D eigenvalue weighted by atomic mass is 19.1. The number of halogens is 1. The van der Waals surface area contributed by atoms with Crippen molar-refractivity contribution in [3.8, 4) is 0 Å². The van der Waals surface area contributed by atoms with Crippen molar-refractivity contribution in [1.29, 1.82) is 0 Å². The number of carbonyl (C=O) groups excluding carboxylic acids is 1. The van der Waals surface area contributed by atoms with E-state index in [9.17, 15) is 14.0 Å². The Morgan fingerprint density at radius 3 is 2.63 bits per heavy atom. The Morgan fingerprint density at radius 1 is 1.10 bits per heavy atom. The number of hydrogen-bond acceptors (Lipinski definition) is 5. The molecule has 2 heterocycles. The van der Waals surface area contributed by atoms with Crippen molar-refractivity contribution in [3.05, 3.63) is 82.2 Å². The van der Waals surface area contributed by atoms with Crippen LogP contribution in [0.1, 0.15) is 11.1 Å². The normalized spacial score (nSPS) is 10.9. The second-order valence-electron chi connectivity index (χ2n) is 6.92. The van der Waals surface area contributed by atoms with Crippen LogP contribution in [-0.4, -0.2) is 25.1 Å². The lowest BCUT2D eigenvalue weighted by Gasteiger charge is -2.07. The van der Waals surface area contributed by atoms with E-state index in [1.54, 1.807) is 25.3 Å². The number of aryl methyl sites for hydroxylation is 2. The molecule has 0 saturated heterocycles. The lowest BCUT2D eigenvalue weighted by molar-refractivity contribution is -0.117. The monoisotopic (exact) mass is 406 g/mol. The van der Waals surface area contributed by atoms with Gasteiger partial charge < -0.3 is 10.6 Å². The van der Waals surface area contributed by atoms with Crippen molar-refractivity contribution in [2.24, 2.45) is 0 Å². The van der Waals surface area contributed by atoms with E-state index < -0.39 is 17.4 Å². The maximum absolute atomic E-state index is 13.4. The number of benzene rings is 2. The number of fused-ring (bicyclic) bond motifs is 1. The zero-order valence-electron chi connectivity index (χ0n) is 16.4. The fourth-order valence-electron chi connectivity index (χ4n) is 2.92. The van der Waals surface area contributed by atoms with Gasteiger partial charge in [-0.15, -0.1) is 5.10 Å². The van der Waals surface area contributed by atoms with Crippen molar-refractivity contribution in [2.45, 2.75) is 20.4 Å². The highest BCUT2D eigenvalue weighted by molar-refractivity contribution is 5.91. The van der Waals surface area contributed by atoms with Crippen molar-refractivity contribution in [2.75, 3.05) is 10.6 Å². The number of anilines is 3. The molecule has 0 saturated carbocycles. The summed E-state index contributed by atoms with van der Waals surface area (Å²) in [7, 11) is 0. The van der Waals surface area contributed by atoms with E-state index in [1.165, 1.54) is 16.5 Å². The first kappa shape index (κ1) is 19.3. The number of aromatic nitrogens is 4. The van der Waals surface area contributed by atoms with E-state index in [4.69, 9.17) is 0 Å². The second-order valence-corrected chi connectivity index (χ2v) is 6.92. The minimum absolute atomic E-state index is 0.159. The Hall–Kier alpha value is -4.01. The molecule has 2 aromatic carbocycles. The fraction of sp³-hybridized carbons (Fsp3) is 0.143. The van der Waals surface area contributed by atoms with Crippen LogP contribution in [0, 0.1) is 19.7 Å². The van der Waals surface area contributed by atoms with E-state index in [-0.39, 0.29) is 12.3 Å². The van der Waals surface area contributed by atoms with Crippen LogP contribution in [0.25, 0.3) is 5.78 Å². The van der Waals surface area contributed by atoms with Gasteiger partial charge in [-0.05, 0) is 49.7 Å². The highest BCUT2D eigenvalue weighted by Gasteiger charge is 2.13. The summed E-state index contributed by atoms with van der Waals surface area (Å²) < 4.78 is 15.7. The molecule has 0 bridgehead atoms. The van der Waals surface area contributed by atoms with Gasteiger partial charge in [0.05, 0.1) is 0 Å². The number of nitrogens with one attached hydrogen (secondary N) is 2. The minimum atomic E-state index is -0.495. The Morgan fingerprint density at radius 2 is 1.87 bits per heavy atom. The standard InChI is InChI=1S/C21H19FN6O2/c1-13-3-7-16(8-4-13)23-18-9-10-27-20(25-18)26-28(21(27)30)12-19(29)24-17-11-15(22)6-5-14(17)2/h3-11H,12H2,1-2H3,(H,24,29)(H,23,25,26). The summed E-state index contributed by atoms with van der Waals surface area (Å²) in [4.78, 5) is 29.2. The molecule has 0 unspecified atom stereocenters. The SMILES string of the molecule is Cc1ccc(Nc2ccn3c(=O)n(CC(=O)Nc4cc(F)ccc4C)nc3n2)cc1. The van der Waals surface area contributed by atoms with Gasteiger partial charge >= 0.3 is 5.69 Å². The lowest BCUT2D eigenvalue weighted by atomic mass is 10.2. The molecule has 4 rings (SSSR count). The molecule has 0 aliphatic heterocycles. The van der Waals surface area contributed by atoms with Crippen LogP contribution in [0.15, 0.2) is 59.5 Å². The average molecular weight is 406 g/mol. The van der Waals surface area contributed by atoms with Gasteiger partial charge in [-0.1, -0.05) is 23.8 Å². The molecule has 8 nitrogen and oxygen atoms in total. The predicted molar refractivity (Wildman–Crippen MR) is 111 cm³/mol. The molecule has 9 heteroatoms. The third kappa shape index (κ3) is 4.04. The van der Waals surface area contributed by atoms with E-state index in [0.717, 1.165) is 15.9 Å². The first-order valence-electron chi connectivity index (χ1n) is 9.25. The van der Waals surface area contributed by atoms with Gasteiger partial charge in [0.2, 0.25) is 5.91 Å². The number of rotatable bonds is 5. The Labute approximate surface area is 171 Å². The molecular weight excluding hydrogens is 387 g/mol. The van der Waals surface area contributed by atoms with Crippen molar-refractivity contribution in [3.63, 3.8) is 0 Å². The zero-order chi connectivity index (χ0) is 21.3. The molecule has 30 heavy (non-hydrogen) atoms. The van der Waals surface area contributed by atoms with Gasteiger partial charge in [-0.2, -0.15) is 4.98 Å². The summed E-state index contributed by atoms with van der Waals surface area (Å²) in [6.07, 6.45) is 1.54. The largest absolute Gasteiger partial charge is 0.352 e. The molecule has 152 valence electrons. The van der Waals surface area contributed by atoms with Gasteiger partial charge in [0.15, 0.2) is 0 Å². The maximum atomic E-state index is 13.4. The van der Waals surface area contributed by atoms with E-state index in [2.05, 4.69) is 20.7 Å². The maximum Gasteiger partial charge on any atom is 0.352 e. The molecule has 0 atom stereocenters. The van der Waals surface area contributed by atoms with Crippen LogP contribution in [-0.2, 0) is 11.3 Å². The topological polar surface area (TPSA) is 93.3 Å². The van der Waals surface area contributed by atoms with Gasteiger partial charge in [-0.3, -0.25) is 4.79 Å². The molecule has 4 aromatic rings. The summed E-state index contributed by atoms with van der Waals surface area (Å²) >= 11 is 0. The number of carbonyl (C=O) groups is 1. The van der Waals surface area contributed by atoms with Crippen LogP contribution in [0.4, 0.5) is 21.6 Å². The predicted octanol–water partition coefficient (Wildman–Crippen LogP) is 3.03. The van der Waals surface area contributed by atoms with Crippen molar-refractivity contribution < 1.29 is 9.18 Å². The zero-order valence-corrected chi connectivity index (χ0v) is 16.4. The molecular formula is C21H19FN6O2. The van der Waals surface area contributed by atoms with Gasteiger partial charge in [0.25, 0.3) is 5.78 Å². The minimum Gasteiger partial charge on any atom is -0.340 e. The molecule has 2 aromatic heterocycles. The van der Waals surface area contributed by atoms with Crippen LogP contribution < -0.4 is 16.3 Å². The average Bonchev–Trinajstić information content (AvgIpc) is 3.01. The summed E-state index contributed by atoms with van der Waals surface area (Å²) in [5, 5.41) is 9.88. The quantitative estimate of drug-likeness (QED) is 0.531. The Balaban J connectivity index is 1.53. The van der Waals surface area contributed by atoms with Crippen molar-refractivity contribution >= 4 is 28.9 Å². The Kier molecular flexibility index (Phi) is 5.01. The first-order chi connectivity index (χ1) is 14.4. The molecule has 0 fully saturated rings. The third-order valence-electron chi connectivity index (χ3n) is 4.55. The first-order valence-corrected chi connectivity index (χ1v) is 9.25. The van der Waals surface area contributed by atoms with Gasteiger partial charge in [0, 0.05) is 17.6 Å². The molecule has 0 aliphatic rings. The molecule has 0 spiro atoms. The smallest absolute Gasteiger partial charge is 0.340 e. The Bertz CT molecular complexity index is 1290. The van der Waals surface area contributed by atoms with Crippen LogP contribution in [0.2, 0.25) is 0 Å². The van der Waals surface area contributed by atoms with Crippen LogP contribution >= 0.6 is 0 Å². The molecule has 0 aliphatic carbocycles. The summed E-state index contributed by atoms with van der Waals surface area (Å²) in [6.45, 7) is 3.43. The van der Waals surface area contributed by atoms with Gasteiger partial charge in [-0.25, -0.2) is 18.3 Å².